The van der Waals surface area contributed by atoms with Crippen LogP contribution in [0, 0.1) is 0 Å². The number of anilines is 3. The molecule has 112 valence electrons. The van der Waals surface area contributed by atoms with E-state index in [1.807, 2.05) is 42.5 Å². The Hall–Kier alpha value is -3.08. The summed E-state index contributed by atoms with van der Waals surface area (Å²) in [5.41, 5.74) is 7.67. The number of benzene rings is 2. The molecule has 5 nitrogen and oxygen atoms in total. The lowest BCUT2D eigenvalue weighted by molar-refractivity contribution is -0.119. The van der Waals surface area contributed by atoms with Crippen LogP contribution in [0.2, 0.25) is 0 Å². The molecule has 0 spiro atoms. The lowest BCUT2D eigenvalue weighted by Crippen LogP contribution is -2.19. The van der Waals surface area contributed by atoms with Gasteiger partial charge in [0.15, 0.2) is 0 Å². The largest absolute Gasteiger partial charge is 0.369 e. The highest BCUT2D eigenvalue weighted by Crippen LogP contribution is 2.19. The second kappa shape index (κ2) is 7.08. The first kappa shape index (κ1) is 15.3. The fourth-order valence-electron chi connectivity index (χ4n) is 1.84. The van der Waals surface area contributed by atoms with Crippen molar-refractivity contribution in [1.29, 1.82) is 0 Å². The Balaban J connectivity index is 1.96. The summed E-state index contributed by atoms with van der Waals surface area (Å²) in [6.45, 7) is 3.54. The fourth-order valence-corrected chi connectivity index (χ4v) is 1.84. The van der Waals surface area contributed by atoms with Gasteiger partial charge in [-0.1, -0.05) is 24.8 Å². The van der Waals surface area contributed by atoms with Gasteiger partial charge in [0.2, 0.25) is 5.91 Å². The molecule has 4 N–H and O–H groups in total. The molecule has 2 rings (SSSR count). The van der Waals surface area contributed by atoms with Crippen LogP contribution in [-0.4, -0.2) is 11.8 Å². The molecule has 22 heavy (non-hydrogen) atoms. The van der Waals surface area contributed by atoms with Crippen LogP contribution >= 0.6 is 0 Å². The number of carbonyl (C=O) groups excluding carboxylic acids is 2. The van der Waals surface area contributed by atoms with Crippen molar-refractivity contribution in [2.75, 3.05) is 10.6 Å². The van der Waals surface area contributed by atoms with Crippen molar-refractivity contribution in [3.05, 3.63) is 66.7 Å². The van der Waals surface area contributed by atoms with E-state index in [2.05, 4.69) is 17.2 Å². The van der Waals surface area contributed by atoms with Crippen LogP contribution in [0.5, 0.6) is 0 Å². The van der Waals surface area contributed by atoms with E-state index in [9.17, 15) is 9.59 Å². The molecule has 0 bridgehead atoms. The second-order valence-corrected chi connectivity index (χ2v) is 4.77. The Bertz CT molecular complexity index is 679. The van der Waals surface area contributed by atoms with Gasteiger partial charge in [0.25, 0.3) is 5.91 Å². The van der Waals surface area contributed by atoms with E-state index in [0.29, 0.717) is 5.69 Å². The summed E-state index contributed by atoms with van der Waals surface area (Å²) in [6, 6.07) is 17.0. The van der Waals surface area contributed by atoms with Gasteiger partial charge in [0, 0.05) is 22.6 Å². The summed E-state index contributed by atoms with van der Waals surface area (Å²) in [5.74, 6) is -0.995. The molecule has 0 unspecified atom stereocenters. The lowest BCUT2D eigenvalue weighted by atomic mass is 10.2. The number of amides is 2. The molecule has 0 aliphatic carbocycles. The third-order valence-corrected chi connectivity index (χ3v) is 2.91. The van der Waals surface area contributed by atoms with Gasteiger partial charge in [-0.3, -0.25) is 9.59 Å². The van der Waals surface area contributed by atoms with Crippen LogP contribution < -0.4 is 16.4 Å². The first-order valence-electron chi connectivity index (χ1n) is 6.74. The van der Waals surface area contributed by atoms with Crippen molar-refractivity contribution in [3.63, 3.8) is 0 Å². The maximum atomic E-state index is 11.8. The third-order valence-electron chi connectivity index (χ3n) is 2.91. The molecule has 0 radical (unpaired) electrons. The van der Waals surface area contributed by atoms with Crippen molar-refractivity contribution in [2.24, 2.45) is 5.73 Å². The maximum absolute atomic E-state index is 11.8. The van der Waals surface area contributed by atoms with Gasteiger partial charge in [-0.25, -0.2) is 0 Å². The normalized spacial score (nSPS) is 9.82. The molecule has 2 aromatic rings. The van der Waals surface area contributed by atoms with Gasteiger partial charge in [-0.2, -0.15) is 0 Å². The quantitative estimate of drug-likeness (QED) is 0.716. The Kier molecular flexibility index (Phi) is 4.93. The van der Waals surface area contributed by atoms with Crippen molar-refractivity contribution >= 4 is 28.9 Å². The Morgan fingerprint density at radius 1 is 0.909 bits per heavy atom. The molecule has 0 saturated heterocycles. The zero-order valence-corrected chi connectivity index (χ0v) is 12.0. The second-order valence-electron chi connectivity index (χ2n) is 4.77. The number of para-hydroxylation sites is 1. The van der Waals surface area contributed by atoms with E-state index < -0.39 is 11.8 Å². The van der Waals surface area contributed by atoms with Crippen molar-refractivity contribution < 1.29 is 9.59 Å². The molecule has 0 aromatic heterocycles. The summed E-state index contributed by atoms with van der Waals surface area (Å²) < 4.78 is 0. The summed E-state index contributed by atoms with van der Waals surface area (Å²) in [5, 5.41) is 5.91. The van der Waals surface area contributed by atoms with Gasteiger partial charge in [-0.05, 0) is 36.4 Å². The zero-order chi connectivity index (χ0) is 15.9. The fraction of sp³-hybridized carbons (Fsp3) is 0.0588. The molecular formula is C17H17N3O2. The number of carbonyl (C=O) groups is 2. The van der Waals surface area contributed by atoms with E-state index in [-0.39, 0.29) is 12.0 Å². The van der Waals surface area contributed by atoms with E-state index in [4.69, 9.17) is 5.73 Å². The van der Waals surface area contributed by atoms with Gasteiger partial charge in [-0.15, -0.1) is 0 Å². The van der Waals surface area contributed by atoms with Crippen molar-refractivity contribution in [2.45, 2.75) is 6.42 Å². The number of primary amides is 1. The highest BCUT2D eigenvalue weighted by molar-refractivity contribution is 6.06. The minimum absolute atomic E-state index is 0.138. The van der Waals surface area contributed by atoms with Gasteiger partial charge in [0.05, 0.1) is 6.42 Å². The van der Waals surface area contributed by atoms with Crippen LogP contribution in [0.15, 0.2) is 66.7 Å². The number of hydrogen-bond donors (Lipinski definition) is 3. The molecule has 5 heteroatoms. The Labute approximate surface area is 128 Å². The minimum atomic E-state index is -0.581. The molecular weight excluding hydrogens is 278 g/mol. The van der Waals surface area contributed by atoms with Gasteiger partial charge < -0.3 is 16.4 Å². The van der Waals surface area contributed by atoms with Crippen molar-refractivity contribution in [1.82, 2.24) is 0 Å². The van der Waals surface area contributed by atoms with Crippen LogP contribution in [0.3, 0.4) is 0 Å². The maximum Gasteiger partial charge on any atom is 0.251 e. The third kappa shape index (κ3) is 4.49. The number of nitrogens with two attached hydrogens (primary N) is 1. The zero-order valence-electron chi connectivity index (χ0n) is 12.0. The van der Waals surface area contributed by atoms with Crippen LogP contribution in [0.4, 0.5) is 17.1 Å². The topological polar surface area (TPSA) is 84.2 Å². The number of rotatable bonds is 6. The first-order valence-corrected chi connectivity index (χ1v) is 6.74. The highest BCUT2D eigenvalue weighted by Gasteiger charge is 2.09. The predicted molar refractivity (Wildman–Crippen MR) is 87.7 cm³/mol. The minimum Gasteiger partial charge on any atom is -0.369 e. The number of nitrogens with one attached hydrogen (secondary N) is 2. The summed E-state index contributed by atoms with van der Waals surface area (Å²) >= 11 is 0. The summed E-state index contributed by atoms with van der Waals surface area (Å²) in [4.78, 5) is 22.5. The van der Waals surface area contributed by atoms with Crippen LogP contribution in [0.1, 0.15) is 6.42 Å². The van der Waals surface area contributed by atoms with Crippen LogP contribution in [-0.2, 0) is 9.59 Å². The van der Waals surface area contributed by atoms with E-state index in [1.165, 1.54) is 0 Å². The molecule has 2 aromatic carbocycles. The average Bonchev–Trinajstić information content (AvgIpc) is 2.49. The number of hydrogen-bond acceptors (Lipinski definition) is 3. The van der Waals surface area contributed by atoms with E-state index in [1.54, 1.807) is 12.1 Å². The smallest absolute Gasteiger partial charge is 0.251 e. The SMILES string of the molecule is C=C(CC(N)=O)C(=O)Nc1ccc(Nc2ccccc2)cc1. The van der Waals surface area contributed by atoms with Crippen LogP contribution in [0.25, 0.3) is 0 Å². The van der Waals surface area contributed by atoms with Crippen molar-refractivity contribution in [3.8, 4) is 0 Å². The van der Waals surface area contributed by atoms with E-state index in [0.717, 1.165) is 11.4 Å². The van der Waals surface area contributed by atoms with Gasteiger partial charge >= 0.3 is 0 Å². The predicted octanol–water partition coefficient (Wildman–Crippen LogP) is 2.80. The van der Waals surface area contributed by atoms with Gasteiger partial charge in [0.1, 0.15) is 0 Å². The highest BCUT2D eigenvalue weighted by atomic mass is 16.2. The molecule has 0 atom stereocenters. The average molecular weight is 295 g/mol. The Morgan fingerprint density at radius 3 is 2.05 bits per heavy atom. The molecule has 0 heterocycles. The van der Waals surface area contributed by atoms with E-state index >= 15 is 0 Å². The molecule has 0 fully saturated rings. The standard InChI is InChI=1S/C17H17N3O2/c1-12(11-16(18)21)17(22)20-15-9-7-14(8-10-15)19-13-5-3-2-4-6-13/h2-10,19H,1,11H2,(H2,18,21)(H,20,22). The first-order chi connectivity index (χ1) is 10.5. The molecule has 0 aliphatic heterocycles. The molecule has 0 saturated carbocycles. The molecule has 0 aliphatic rings. The molecule has 2 amide bonds. The summed E-state index contributed by atoms with van der Waals surface area (Å²) in [7, 11) is 0. The monoisotopic (exact) mass is 295 g/mol. The summed E-state index contributed by atoms with van der Waals surface area (Å²) in [6.07, 6.45) is -0.153. The lowest BCUT2D eigenvalue weighted by Gasteiger charge is -2.09. The Morgan fingerprint density at radius 2 is 1.45 bits per heavy atom.